The van der Waals surface area contributed by atoms with Crippen LogP contribution in [0.5, 0.6) is 5.75 Å². The number of nitrogens with zero attached hydrogens (tertiary/aromatic N) is 1. The Morgan fingerprint density at radius 3 is 3.00 bits per heavy atom. The molecule has 1 N–H and O–H groups in total. The molecule has 4 heteroatoms. The summed E-state index contributed by atoms with van der Waals surface area (Å²) < 4.78 is 5.75. The van der Waals surface area contributed by atoms with Crippen LogP contribution < -0.4 is 10.1 Å². The summed E-state index contributed by atoms with van der Waals surface area (Å²) in [5, 5.41) is 3.42. The molecule has 0 bridgehead atoms. The van der Waals surface area contributed by atoms with Gasteiger partial charge < -0.3 is 10.1 Å². The second-order valence-corrected chi connectivity index (χ2v) is 5.06. The first-order valence-corrected chi connectivity index (χ1v) is 6.85. The lowest BCUT2D eigenvalue weighted by atomic mass is 10.1. The van der Waals surface area contributed by atoms with E-state index < -0.39 is 0 Å². The number of rotatable bonds is 5. The average molecular weight is 262 g/mol. The van der Waals surface area contributed by atoms with E-state index in [0.29, 0.717) is 24.0 Å². The summed E-state index contributed by atoms with van der Waals surface area (Å²) >= 11 is 0. The second kappa shape index (κ2) is 6.68. The molecule has 1 unspecified atom stereocenters. The minimum Gasteiger partial charge on any atom is -0.491 e. The lowest BCUT2D eigenvalue weighted by molar-refractivity contribution is 0.101. The number of para-hydroxylation sites is 1. The zero-order chi connectivity index (χ0) is 13.7. The largest absolute Gasteiger partial charge is 0.491 e. The van der Waals surface area contributed by atoms with Gasteiger partial charge in [0.25, 0.3) is 0 Å². The van der Waals surface area contributed by atoms with Crippen molar-refractivity contribution < 1.29 is 9.53 Å². The fraction of sp³-hybridized carbons (Fsp3) is 0.533. The van der Waals surface area contributed by atoms with Gasteiger partial charge in [-0.25, -0.2) is 0 Å². The van der Waals surface area contributed by atoms with Crippen molar-refractivity contribution in [3.8, 4) is 5.75 Å². The molecule has 19 heavy (non-hydrogen) atoms. The van der Waals surface area contributed by atoms with Gasteiger partial charge in [-0.1, -0.05) is 12.1 Å². The van der Waals surface area contributed by atoms with Crippen LogP contribution in [0.2, 0.25) is 0 Å². The maximum absolute atomic E-state index is 11.5. The molecule has 2 rings (SSSR count). The molecule has 0 aromatic heterocycles. The summed E-state index contributed by atoms with van der Waals surface area (Å²) in [7, 11) is 0. The Morgan fingerprint density at radius 2 is 2.26 bits per heavy atom. The maximum Gasteiger partial charge on any atom is 0.163 e. The third-order valence-electron chi connectivity index (χ3n) is 3.38. The highest BCUT2D eigenvalue weighted by atomic mass is 16.5. The van der Waals surface area contributed by atoms with Gasteiger partial charge >= 0.3 is 0 Å². The summed E-state index contributed by atoms with van der Waals surface area (Å²) in [6.45, 7) is 8.43. The van der Waals surface area contributed by atoms with Crippen LogP contribution >= 0.6 is 0 Å². The van der Waals surface area contributed by atoms with Crippen molar-refractivity contribution >= 4 is 5.78 Å². The lowest BCUT2D eigenvalue weighted by Crippen LogP contribution is -2.50. The summed E-state index contributed by atoms with van der Waals surface area (Å²) in [6, 6.07) is 7.97. The molecule has 1 aromatic rings. The Hall–Kier alpha value is -1.39. The predicted octanol–water partition coefficient (Wildman–Crippen LogP) is 1.56. The molecule has 1 aliphatic heterocycles. The Morgan fingerprint density at radius 1 is 1.47 bits per heavy atom. The quantitative estimate of drug-likeness (QED) is 0.818. The first kappa shape index (κ1) is 14.0. The molecular formula is C15H22N2O2. The topological polar surface area (TPSA) is 41.6 Å². The van der Waals surface area contributed by atoms with Gasteiger partial charge in [0.05, 0.1) is 5.56 Å². The molecule has 1 aliphatic rings. The number of ether oxygens (including phenoxy) is 1. The SMILES string of the molecule is CC(=O)c1ccccc1OCCN1CCNC(C)C1. The van der Waals surface area contributed by atoms with Gasteiger partial charge in [0, 0.05) is 32.2 Å². The average Bonchev–Trinajstić information content (AvgIpc) is 2.39. The van der Waals surface area contributed by atoms with Crippen LogP contribution in [-0.4, -0.2) is 49.5 Å². The zero-order valence-corrected chi connectivity index (χ0v) is 11.7. The van der Waals surface area contributed by atoms with Crippen molar-refractivity contribution in [1.29, 1.82) is 0 Å². The zero-order valence-electron chi connectivity index (χ0n) is 11.7. The van der Waals surface area contributed by atoms with Crippen molar-refractivity contribution in [2.75, 3.05) is 32.8 Å². The van der Waals surface area contributed by atoms with Crippen molar-refractivity contribution in [1.82, 2.24) is 10.2 Å². The van der Waals surface area contributed by atoms with E-state index in [1.54, 1.807) is 6.92 Å². The van der Waals surface area contributed by atoms with Gasteiger partial charge in [0.1, 0.15) is 12.4 Å². The van der Waals surface area contributed by atoms with E-state index in [1.165, 1.54) is 0 Å². The number of carbonyl (C=O) groups excluding carboxylic acids is 1. The summed E-state index contributed by atoms with van der Waals surface area (Å²) in [4.78, 5) is 13.9. The van der Waals surface area contributed by atoms with E-state index >= 15 is 0 Å². The third-order valence-corrected chi connectivity index (χ3v) is 3.38. The van der Waals surface area contributed by atoms with Crippen LogP contribution in [0.3, 0.4) is 0 Å². The Kier molecular flexibility index (Phi) is 4.93. The molecular weight excluding hydrogens is 240 g/mol. The third kappa shape index (κ3) is 4.04. The highest BCUT2D eigenvalue weighted by Gasteiger charge is 2.15. The van der Waals surface area contributed by atoms with Crippen LogP contribution in [0.1, 0.15) is 24.2 Å². The molecule has 1 saturated heterocycles. The number of piperazine rings is 1. The van der Waals surface area contributed by atoms with Gasteiger partial charge in [0.15, 0.2) is 5.78 Å². The number of nitrogens with one attached hydrogen (secondary N) is 1. The fourth-order valence-corrected chi connectivity index (χ4v) is 2.38. The maximum atomic E-state index is 11.5. The normalized spacial score (nSPS) is 20.2. The number of benzene rings is 1. The van der Waals surface area contributed by atoms with E-state index in [1.807, 2.05) is 24.3 Å². The molecule has 0 saturated carbocycles. The Bertz CT molecular complexity index is 434. The minimum atomic E-state index is 0.0476. The van der Waals surface area contributed by atoms with Crippen LogP contribution in [0.15, 0.2) is 24.3 Å². The van der Waals surface area contributed by atoms with Crippen molar-refractivity contribution in [3.63, 3.8) is 0 Å². The van der Waals surface area contributed by atoms with Crippen LogP contribution in [0, 0.1) is 0 Å². The highest BCUT2D eigenvalue weighted by Crippen LogP contribution is 2.18. The van der Waals surface area contributed by atoms with Gasteiger partial charge in [0.2, 0.25) is 0 Å². The molecule has 1 fully saturated rings. The molecule has 104 valence electrons. The van der Waals surface area contributed by atoms with Crippen LogP contribution in [-0.2, 0) is 0 Å². The van der Waals surface area contributed by atoms with Crippen LogP contribution in [0.25, 0.3) is 0 Å². The van der Waals surface area contributed by atoms with E-state index in [-0.39, 0.29) is 5.78 Å². The van der Waals surface area contributed by atoms with Gasteiger partial charge in [-0.2, -0.15) is 0 Å². The molecule has 1 atom stereocenters. The number of ketones is 1. The van der Waals surface area contributed by atoms with Crippen molar-refractivity contribution in [3.05, 3.63) is 29.8 Å². The summed E-state index contributed by atoms with van der Waals surface area (Å²) in [5.41, 5.74) is 0.663. The van der Waals surface area contributed by atoms with Crippen LogP contribution in [0.4, 0.5) is 0 Å². The van der Waals surface area contributed by atoms with E-state index in [4.69, 9.17) is 4.74 Å². The highest BCUT2D eigenvalue weighted by molar-refractivity contribution is 5.96. The molecule has 4 nitrogen and oxygen atoms in total. The first-order chi connectivity index (χ1) is 9.16. The monoisotopic (exact) mass is 262 g/mol. The molecule has 1 heterocycles. The molecule has 0 amide bonds. The number of Topliss-reactive ketones (excluding diaryl/α,β-unsaturated/α-hetero) is 1. The van der Waals surface area contributed by atoms with E-state index in [0.717, 1.165) is 26.2 Å². The van der Waals surface area contributed by atoms with E-state index in [9.17, 15) is 4.79 Å². The Balaban J connectivity index is 1.84. The lowest BCUT2D eigenvalue weighted by Gasteiger charge is -2.31. The molecule has 0 spiro atoms. The van der Waals surface area contributed by atoms with Gasteiger partial charge in [-0.15, -0.1) is 0 Å². The molecule has 0 radical (unpaired) electrons. The number of hydrogen-bond donors (Lipinski definition) is 1. The van der Waals surface area contributed by atoms with E-state index in [2.05, 4.69) is 17.1 Å². The standard InChI is InChI=1S/C15H22N2O2/c1-12-11-17(8-7-16-12)9-10-19-15-6-4-3-5-14(15)13(2)18/h3-6,12,16H,7-11H2,1-2H3. The summed E-state index contributed by atoms with van der Waals surface area (Å²) in [5.74, 6) is 0.740. The first-order valence-electron chi connectivity index (χ1n) is 6.85. The number of carbonyl (C=O) groups is 1. The molecule has 1 aromatic carbocycles. The smallest absolute Gasteiger partial charge is 0.163 e. The summed E-state index contributed by atoms with van der Waals surface area (Å²) in [6.07, 6.45) is 0. The Labute approximate surface area is 114 Å². The van der Waals surface area contributed by atoms with Crippen molar-refractivity contribution in [2.24, 2.45) is 0 Å². The number of hydrogen-bond acceptors (Lipinski definition) is 4. The second-order valence-electron chi connectivity index (χ2n) is 5.06. The molecule has 0 aliphatic carbocycles. The van der Waals surface area contributed by atoms with Gasteiger partial charge in [-0.3, -0.25) is 9.69 Å². The minimum absolute atomic E-state index is 0.0476. The van der Waals surface area contributed by atoms with Gasteiger partial charge in [-0.05, 0) is 26.0 Å². The fourth-order valence-electron chi connectivity index (χ4n) is 2.38. The predicted molar refractivity (Wildman–Crippen MR) is 75.8 cm³/mol. The van der Waals surface area contributed by atoms with Crippen molar-refractivity contribution in [2.45, 2.75) is 19.9 Å².